The number of carbonyl (C=O) groups is 2. The highest BCUT2D eigenvalue weighted by molar-refractivity contribution is 5.98. The van der Waals surface area contributed by atoms with Gasteiger partial charge in [0.15, 0.2) is 19.0 Å². The molecular weight excluding hydrogens is 427 g/mol. The molecule has 0 aliphatic heterocycles. The summed E-state index contributed by atoms with van der Waals surface area (Å²) >= 11 is 0. The second-order valence-electron chi connectivity index (χ2n) is 6.43. The summed E-state index contributed by atoms with van der Waals surface area (Å²) in [6.45, 7) is -0.784. The number of pyridine rings is 1. The maximum atomic E-state index is 13.1. The molecule has 3 rings (SSSR count). The van der Waals surface area contributed by atoms with Crippen LogP contribution >= 0.6 is 0 Å². The first kappa shape index (κ1) is 22.5. The average molecular weight is 443 g/mol. The number of hydrogen-bond donors (Lipinski definition) is 0. The van der Waals surface area contributed by atoms with Crippen LogP contribution < -0.4 is 9.74 Å². The molecule has 0 spiro atoms. The highest BCUT2D eigenvalue weighted by Crippen LogP contribution is 2.31. The fourth-order valence-corrected chi connectivity index (χ4v) is 2.57. The van der Waals surface area contributed by atoms with E-state index < -0.39 is 30.2 Å². The van der Waals surface area contributed by atoms with Crippen LogP contribution in [-0.4, -0.2) is 24.7 Å². The maximum Gasteiger partial charge on any atom is 0.416 e. The van der Waals surface area contributed by atoms with Crippen molar-refractivity contribution in [3.05, 3.63) is 101 Å². The molecule has 32 heavy (non-hydrogen) atoms. The van der Waals surface area contributed by atoms with Crippen molar-refractivity contribution in [1.29, 1.82) is 0 Å². The van der Waals surface area contributed by atoms with Crippen LogP contribution in [0.1, 0.15) is 21.5 Å². The van der Waals surface area contributed by atoms with Crippen LogP contribution in [0.4, 0.5) is 18.9 Å². The molecule has 7 nitrogen and oxygen atoms in total. The van der Waals surface area contributed by atoms with Crippen molar-refractivity contribution in [3.63, 3.8) is 0 Å². The number of halogens is 3. The van der Waals surface area contributed by atoms with Crippen LogP contribution in [0, 0.1) is 5.21 Å². The van der Waals surface area contributed by atoms with Crippen LogP contribution in [0.2, 0.25) is 0 Å². The summed E-state index contributed by atoms with van der Waals surface area (Å²) in [6.07, 6.45) is -1.16. The molecular formula is C22H16F3N3O4. The van der Waals surface area contributed by atoms with Crippen LogP contribution in [-0.2, 0) is 15.7 Å². The summed E-state index contributed by atoms with van der Waals surface area (Å²) in [7, 11) is 0. The van der Waals surface area contributed by atoms with E-state index in [9.17, 15) is 28.0 Å². The van der Waals surface area contributed by atoms with Gasteiger partial charge in [-0.15, -0.1) is 0 Å². The zero-order valence-electron chi connectivity index (χ0n) is 16.4. The molecule has 10 heteroatoms. The molecule has 1 aromatic heterocycles. The Labute approximate surface area is 180 Å². The Morgan fingerprint density at radius 1 is 1.03 bits per heavy atom. The first-order valence-electron chi connectivity index (χ1n) is 9.19. The summed E-state index contributed by atoms with van der Waals surface area (Å²) in [5, 5.41) is 15.8. The number of ether oxygens (including phenoxy) is 1. The third-order valence-corrected chi connectivity index (χ3v) is 4.14. The molecule has 0 fully saturated rings. The van der Waals surface area contributed by atoms with Crippen LogP contribution in [0.25, 0.3) is 0 Å². The second-order valence-corrected chi connectivity index (χ2v) is 6.43. The lowest BCUT2D eigenvalue weighted by Gasteiger charge is -2.18. The van der Waals surface area contributed by atoms with E-state index in [-0.39, 0.29) is 11.3 Å². The Morgan fingerprint density at radius 3 is 2.38 bits per heavy atom. The predicted octanol–water partition coefficient (Wildman–Crippen LogP) is 3.56. The predicted molar refractivity (Wildman–Crippen MR) is 109 cm³/mol. The molecule has 0 radical (unpaired) electrons. The SMILES string of the molecule is O=C(OCC(=O)N(/N=C/c1ccccc1)c1cccc(C(F)(F)F)c1)c1cc[n+]([O-])cc1. The summed E-state index contributed by atoms with van der Waals surface area (Å²) in [5.41, 5.74) is -0.483. The lowest BCUT2D eigenvalue weighted by molar-refractivity contribution is -0.605. The number of benzene rings is 2. The highest BCUT2D eigenvalue weighted by atomic mass is 19.4. The van der Waals surface area contributed by atoms with Gasteiger partial charge in [0.05, 0.1) is 23.0 Å². The Bertz CT molecular complexity index is 1120. The lowest BCUT2D eigenvalue weighted by atomic mass is 10.2. The summed E-state index contributed by atoms with van der Waals surface area (Å²) in [4.78, 5) is 24.8. The number of anilines is 1. The fraction of sp³-hybridized carbons (Fsp3) is 0.0909. The largest absolute Gasteiger partial charge is 0.619 e. The van der Waals surface area contributed by atoms with Crippen LogP contribution in [0.15, 0.2) is 84.2 Å². The van der Waals surface area contributed by atoms with Gasteiger partial charge >= 0.3 is 12.1 Å². The number of rotatable bonds is 6. The molecule has 164 valence electrons. The Kier molecular flexibility index (Phi) is 6.83. The minimum atomic E-state index is -4.62. The Hall–Kier alpha value is -4.21. The number of hydrogen-bond acceptors (Lipinski definition) is 5. The fourth-order valence-electron chi connectivity index (χ4n) is 2.57. The zero-order valence-corrected chi connectivity index (χ0v) is 16.4. The normalized spacial score (nSPS) is 11.3. The van der Waals surface area contributed by atoms with Crippen molar-refractivity contribution < 1.29 is 32.2 Å². The van der Waals surface area contributed by atoms with Gasteiger partial charge in [-0.25, -0.2) is 4.79 Å². The molecule has 0 N–H and O–H groups in total. The number of nitrogens with zero attached hydrogens (tertiary/aromatic N) is 3. The smallest absolute Gasteiger partial charge is 0.416 e. The van der Waals surface area contributed by atoms with Crippen molar-refractivity contribution in [2.45, 2.75) is 6.18 Å². The Balaban J connectivity index is 1.83. The van der Waals surface area contributed by atoms with Crippen molar-refractivity contribution in [3.8, 4) is 0 Å². The molecule has 0 bridgehead atoms. The van der Waals surface area contributed by atoms with Crippen LogP contribution in [0.3, 0.4) is 0 Å². The number of alkyl halides is 3. The first-order valence-corrected chi connectivity index (χ1v) is 9.19. The van der Waals surface area contributed by atoms with E-state index in [2.05, 4.69) is 5.10 Å². The second kappa shape index (κ2) is 9.73. The van der Waals surface area contributed by atoms with E-state index in [0.29, 0.717) is 10.3 Å². The van der Waals surface area contributed by atoms with E-state index in [4.69, 9.17) is 4.74 Å². The third kappa shape index (κ3) is 5.91. The van der Waals surface area contributed by atoms with Gasteiger partial charge in [-0.05, 0) is 23.8 Å². The van der Waals surface area contributed by atoms with Gasteiger partial charge < -0.3 is 9.94 Å². The van der Waals surface area contributed by atoms with Gasteiger partial charge in [-0.3, -0.25) is 4.79 Å². The molecule has 1 heterocycles. The quantitative estimate of drug-likeness (QED) is 0.192. The molecule has 0 aliphatic rings. The molecule has 1 amide bonds. The van der Waals surface area contributed by atoms with E-state index in [1.807, 2.05) is 0 Å². The van der Waals surface area contributed by atoms with Crippen molar-refractivity contribution in [2.75, 3.05) is 11.6 Å². The summed E-state index contributed by atoms with van der Waals surface area (Å²) in [5.74, 6) is -1.75. The third-order valence-electron chi connectivity index (χ3n) is 4.14. The van der Waals surface area contributed by atoms with E-state index >= 15 is 0 Å². The van der Waals surface area contributed by atoms with Crippen molar-refractivity contribution in [2.24, 2.45) is 5.10 Å². The maximum absolute atomic E-state index is 13.1. The molecule has 0 aliphatic carbocycles. The lowest BCUT2D eigenvalue weighted by Crippen LogP contribution is -2.31. The number of esters is 1. The minimum Gasteiger partial charge on any atom is -0.619 e. The summed E-state index contributed by atoms with van der Waals surface area (Å²) in [6, 6.07) is 15.1. The van der Waals surface area contributed by atoms with Gasteiger partial charge in [0.25, 0.3) is 5.91 Å². The molecule has 0 saturated carbocycles. The Morgan fingerprint density at radius 2 is 1.72 bits per heavy atom. The van der Waals surface area contributed by atoms with E-state index in [1.54, 1.807) is 30.3 Å². The van der Waals surface area contributed by atoms with Crippen molar-refractivity contribution >= 4 is 23.8 Å². The average Bonchev–Trinajstić information content (AvgIpc) is 2.78. The number of hydrazone groups is 1. The van der Waals surface area contributed by atoms with Gasteiger partial charge in [0, 0.05) is 12.1 Å². The summed E-state index contributed by atoms with van der Waals surface area (Å²) < 4.78 is 44.8. The molecule has 0 unspecified atom stereocenters. The van der Waals surface area contributed by atoms with Gasteiger partial charge in [-0.2, -0.15) is 28.0 Å². The van der Waals surface area contributed by atoms with Gasteiger partial charge in [0.2, 0.25) is 0 Å². The number of amides is 1. The topological polar surface area (TPSA) is 85.9 Å². The van der Waals surface area contributed by atoms with E-state index in [1.165, 1.54) is 24.4 Å². The van der Waals surface area contributed by atoms with Crippen LogP contribution in [0.5, 0.6) is 0 Å². The molecule has 3 aromatic rings. The monoisotopic (exact) mass is 443 g/mol. The molecule has 0 atom stereocenters. The number of aromatic nitrogens is 1. The number of carbonyl (C=O) groups excluding carboxylic acids is 2. The van der Waals surface area contributed by atoms with Crippen molar-refractivity contribution in [1.82, 2.24) is 0 Å². The van der Waals surface area contributed by atoms with Gasteiger partial charge in [-0.1, -0.05) is 36.4 Å². The highest BCUT2D eigenvalue weighted by Gasteiger charge is 2.31. The minimum absolute atomic E-state index is 0.0308. The standard InChI is InChI=1S/C22H16F3N3O4/c23-22(24,25)18-7-4-8-19(13-18)28(26-14-16-5-2-1-3-6-16)20(29)15-32-21(30)17-9-11-27(31)12-10-17/h1-14H,15H2/b26-14+. The first-order chi connectivity index (χ1) is 15.2. The molecule has 2 aromatic carbocycles. The zero-order chi connectivity index (χ0) is 23.1. The van der Waals surface area contributed by atoms with E-state index in [0.717, 1.165) is 35.6 Å². The van der Waals surface area contributed by atoms with Gasteiger partial charge in [0.1, 0.15) is 0 Å². The molecule has 0 saturated heterocycles.